The monoisotopic (exact) mass is 469 g/mol. The van der Waals surface area contributed by atoms with E-state index in [4.69, 9.17) is 0 Å². The molecule has 30 heavy (non-hydrogen) atoms. The van der Waals surface area contributed by atoms with Gasteiger partial charge in [-0.15, -0.1) is 0 Å². The predicted molar refractivity (Wildman–Crippen MR) is 120 cm³/mol. The molecule has 0 aliphatic carbocycles. The van der Waals surface area contributed by atoms with E-state index >= 15 is 0 Å². The maximum Gasteiger partial charge on any atom is 0.254 e. The van der Waals surface area contributed by atoms with Gasteiger partial charge in [0.05, 0.1) is 5.69 Å². The van der Waals surface area contributed by atoms with E-state index in [9.17, 15) is 14.4 Å². The Bertz CT molecular complexity index is 1000. The van der Waals surface area contributed by atoms with E-state index in [1.165, 1.54) is 0 Å². The van der Waals surface area contributed by atoms with Gasteiger partial charge < -0.3 is 15.1 Å². The summed E-state index contributed by atoms with van der Waals surface area (Å²) in [7, 11) is 0. The fourth-order valence-corrected chi connectivity index (χ4v) is 4.65. The predicted octanol–water partition coefficient (Wildman–Crippen LogP) is 3.99. The molecule has 2 aliphatic rings. The Morgan fingerprint density at radius 3 is 2.50 bits per heavy atom. The summed E-state index contributed by atoms with van der Waals surface area (Å²) >= 11 is 3.47. The molecule has 2 aromatic rings. The van der Waals surface area contributed by atoms with Gasteiger partial charge in [0.25, 0.3) is 5.91 Å². The first-order valence-corrected chi connectivity index (χ1v) is 11.0. The average molecular weight is 470 g/mol. The molecule has 0 bridgehead atoms. The summed E-state index contributed by atoms with van der Waals surface area (Å²) in [5.41, 5.74) is 2.68. The van der Waals surface area contributed by atoms with Crippen LogP contribution in [-0.2, 0) is 9.59 Å². The lowest BCUT2D eigenvalue weighted by Crippen LogP contribution is -2.33. The number of halogens is 1. The molecule has 0 spiro atoms. The van der Waals surface area contributed by atoms with Crippen molar-refractivity contribution in [3.63, 3.8) is 0 Å². The van der Waals surface area contributed by atoms with Crippen LogP contribution in [0.2, 0.25) is 0 Å². The first-order chi connectivity index (χ1) is 14.5. The second-order valence-corrected chi connectivity index (χ2v) is 8.60. The summed E-state index contributed by atoms with van der Waals surface area (Å²) in [6, 6.07) is 12.8. The van der Waals surface area contributed by atoms with Gasteiger partial charge in [0.15, 0.2) is 0 Å². The van der Waals surface area contributed by atoms with E-state index in [-0.39, 0.29) is 17.7 Å². The molecule has 2 fully saturated rings. The minimum absolute atomic E-state index is 0.00172. The van der Waals surface area contributed by atoms with Crippen molar-refractivity contribution < 1.29 is 14.4 Å². The molecule has 4 rings (SSSR count). The summed E-state index contributed by atoms with van der Waals surface area (Å²) < 4.78 is 0.823. The third-order valence-electron chi connectivity index (χ3n) is 5.88. The maximum atomic E-state index is 12.9. The van der Waals surface area contributed by atoms with Gasteiger partial charge in [-0.1, -0.05) is 18.2 Å². The number of para-hydroxylation sites is 1. The van der Waals surface area contributed by atoms with Crippen LogP contribution >= 0.6 is 15.9 Å². The minimum Gasteiger partial charge on any atom is -0.339 e. The second kappa shape index (κ2) is 8.60. The molecule has 6 nitrogen and oxygen atoms in total. The molecular formula is C23H24BrN3O3. The zero-order chi connectivity index (χ0) is 21.3. The topological polar surface area (TPSA) is 69.7 Å². The quantitative estimate of drug-likeness (QED) is 0.688. The Kier molecular flexibility index (Phi) is 5.90. The normalized spacial score (nSPS) is 18.7. The van der Waals surface area contributed by atoms with Crippen molar-refractivity contribution in [3.05, 3.63) is 58.1 Å². The van der Waals surface area contributed by atoms with Gasteiger partial charge in [-0.25, -0.2) is 0 Å². The van der Waals surface area contributed by atoms with Crippen molar-refractivity contribution in [1.82, 2.24) is 4.90 Å². The summed E-state index contributed by atoms with van der Waals surface area (Å²) in [6.07, 6.45) is 2.51. The van der Waals surface area contributed by atoms with E-state index in [2.05, 4.69) is 21.2 Å². The molecule has 2 heterocycles. The van der Waals surface area contributed by atoms with Crippen LogP contribution in [-0.4, -0.2) is 42.3 Å². The van der Waals surface area contributed by atoms with Crippen molar-refractivity contribution in [3.8, 4) is 0 Å². The number of hydrogen-bond donors (Lipinski definition) is 1. The Balaban J connectivity index is 1.49. The number of likely N-dealkylation sites (tertiary alicyclic amines) is 1. The number of benzene rings is 2. The Labute approximate surface area is 184 Å². The number of anilines is 2. The fraction of sp³-hybridized carbons (Fsp3) is 0.348. The second-order valence-electron chi connectivity index (χ2n) is 7.75. The molecule has 0 saturated carbocycles. The van der Waals surface area contributed by atoms with Gasteiger partial charge >= 0.3 is 0 Å². The highest BCUT2D eigenvalue weighted by atomic mass is 79.9. The molecule has 7 heteroatoms. The molecule has 156 valence electrons. The van der Waals surface area contributed by atoms with Gasteiger partial charge in [0, 0.05) is 35.4 Å². The van der Waals surface area contributed by atoms with Crippen LogP contribution in [0, 0.1) is 12.8 Å². The zero-order valence-corrected chi connectivity index (χ0v) is 18.4. The highest BCUT2D eigenvalue weighted by molar-refractivity contribution is 9.10. The number of nitrogens with one attached hydrogen (secondary N) is 1. The molecule has 1 unspecified atom stereocenters. The number of nitrogens with zero attached hydrogens (tertiary/aromatic N) is 2. The Morgan fingerprint density at radius 1 is 1.03 bits per heavy atom. The molecule has 2 aliphatic heterocycles. The number of hydrogen-bond acceptors (Lipinski definition) is 3. The van der Waals surface area contributed by atoms with Gasteiger partial charge in [0.1, 0.15) is 5.92 Å². The molecule has 2 aromatic carbocycles. The number of rotatable bonds is 4. The first kappa shape index (κ1) is 20.6. The number of carbonyl (C=O) groups excluding carboxylic acids is 3. The smallest absolute Gasteiger partial charge is 0.254 e. The number of carbonyl (C=O) groups is 3. The third kappa shape index (κ3) is 3.86. The van der Waals surface area contributed by atoms with Crippen LogP contribution < -0.4 is 10.2 Å². The standard InChI is InChI=1S/C23H24BrN3O3/c1-15-16(22(29)26-12-4-5-13-26)7-6-9-19(15)25-21(28)17-11-14-27(23(17)30)20-10-3-2-8-18(20)24/h2-3,6-10,17H,4-5,11-14H2,1H3,(H,25,28). The molecule has 0 aromatic heterocycles. The maximum absolute atomic E-state index is 12.9. The van der Waals surface area contributed by atoms with Crippen molar-refractivity contribution >= 4 is 45.0 Å². The van der Waals surface area contributed by atoms with E-state index < -0.39 is 5.92 Å². The summed E-state index contributed by atoms with van der Waals surface area (Å²) in [6.45, 7) is 3.88. The lowest BCUT2D eigenvalue weighted by atomic mass is 10.0. The molecule has 0 radical (unpaired) electrons. The van der Waals surface area contributed by atoms with Crippen molar-refractivity contribution in [2.24, 2.45) is 5.92 Å². The number of amides is 3. The van der Waals surface area contributed by atoms with Crippen LogP contribution in [0.4, 0.5) is 11.4 Å². The highest BCUT2D eigenvalue weighted by Crippen LogP contribution is 2.32. The van der Waals surface area contributed by atoms with E-state index in [0.29, 0.717) is 24.2 Å². The zero-order valence-electron chi connectivity index (χ0n) is 16.9. The lowest BCUT2D eigenvalue weighted by molar-refractivity contribution is -0.129. The molecular weight excluding hydrogens is 446 g/mol. The van der Waals surface area contributed by atoms with Crippen LogP contribution in [0.3, 0.4) is 0 Å². The summed E-state index contributed by atoms with van der Waals surface area (Å²) in [5, 5.41) is 2.89. The van der Waals surface area contributed by atoms with Crippen LogP contribution in [0.1, 0.15) is 35.2 Å². The molecule has 3 amide bonds. The van der Waals surface area contributed by atoms with E-state index in [1.54, 1.807) is 23.1 Å². The summed E-state index contributed by atoms with van der Waals surface area (Å²) in [4.78, 5) is 42.1. The first-order valence-electron chi connectivity index (χ1n) is 10.2. The van der Waals surface area contributed by atoms with Gasteiger partial charge in [0.2, 0.25) is 11.8 Å². The molecule has 1 N–H and O–H groups in total. The van der Waals surface area contributed by atoms with Crippen LogP contribution in [0.25, 0.3) is 0 Å². The highest BCUT2D eigenvalue weighted by Gasteiger charge is 2.38. The lowest BCUT2D eigenvalue weighted by Gasteiger charge is -2.20. The van der Waals surface area contributed by atoms with Crippen LogP contribution in [0.15, 0.2) is 46.9 Å². The third-order valence-corrected chi connectivity index (χ3v) is 6.55. The van der Waals surface area contributed by atoms with Crippen molar-refractivity contribution in [2.75, 3.05) is 29.9 Å². The van der Waals surface area contributed by atoms with Crippen molar-refractivity contribution in [2.45, 2.75) is 26.2 Å². The Hall–Kier alpha value is -2.67. The largest absolute Gasteiger partial charge is 0.339 e. The van der Waals surface area contributed by atoms with Gasteiger partial charge in [-0.2, -0.15) is 0 Å². The average Bonchev–Trinajstić information content (AvgIpc) is 3.40. The summed E-state index contributed by atoms with van der Waals surface area (Å²) in [5.74, 6) is -1.28. The SMILES string of the molecule is Cc1c(NC(=O)C2CCN(c3ccccc3Br)C2=O)cccc1C(=O)N1CCCC1. The van der Waals surface area contributed by atoms with Crippen LogP contribution in [0.5, 0.6) is 0 Å². The minimum atomic E-state index is -0.741. The molecule has 1 atom stereocenters. The molecule has 2 saturated heterocycles. The van der Waals surface area contributed by atoms with Gasteiger partial charge in [-0.3, -0.25) is 14.4 Å². The van der Waals surface area contributed by atoms with Crippen molar-refractivity contribution in [1.29, 1.82) is 0 Å². The fourth-order valence-electron chi connectivity index (χ4n) is 4.15. The van der Waals surface area contributed by atoms with E-state index in [0.717, 1.165) is 41.7 Å². The Morgan fingerprint density at radius 2 is 1.77 bits per heavy atom. The van der Waals surface area contributed by atoms with E-state index in [1.807, 2.05) is 36.1 Å². The van der Waals surface area contributed by atoms with Gasteiger partial charge in [-0.05, 0) is 71.9 Å².